The summed E-state index contributed by atoms with van der Waals surface area (Å²) in [5, 5.41) is 17.6. The summed E-state index contributed by atoms with van der Waals surface area (Å²) in [5.41, 5.74) is 0. The molecule has 0 aromatic rings. The molecule has 0 saturated carbocycles. The molecule has 0 aliphatic rings. The molecule has 2 N–H and O–H groups in total. The molecular formula is C9H22CaO4. The summed E-state index contributed by atoms with van der Waals surface area (Å²) in [7, 11) is 0. The normalized spacial score (nSPS) is 16.9. The number of hydrogen-bond acceptors (Lipinski definition) is 4. The molecular weight excluding hydrogens is 212 g/mol. The molecule has 0 rings (SSSR count). The van der Waals surface area contributed by atoms with Gasteiger partial charge in [-0.2, -0.15) is 0 Å². The van der Waals surface area contributed by atoms with Crippen LogP contribution in [0.3, 0.4) is 0 Å². The molecule has 0 spiro atoms. The van der Waals surface area contributed by atoms with E-state index in [4.69, 9.17) is 19.7 Å². The molecule has 0 aromatic heterocycles. The summed E-state index contributed by atoms with van der Waals surface area (Å²) >= 11 is 0. The van der Waals surface area contributed by atoms with E-state index in [1.54, 1.807) is 13.8 Å². The van der Waals surface area contributed by atoms with Crippen LogP contribution >= 0.6 is 0 Å². The first-order valence-corrected chi connectivity index (χ1v) is 4.58. The van der Waals surface area contributed by atoms with Gasteiger partial charge < -0.3 is 22.5 Å². The van der Waals surface area contributed by atoms with Crippen LogP contribution in [-0.4, -0.2) is 86.1 Å². The SMILES string of the molecule is CC(O)COC(C)COC(C)CO.[Ca+2].[H-].[H-]. The first-order chi connectivity index (χ1) is 6.06. The van der Waals surface area contributed by atoms with Gasteiger partial charge in [0.2, 0.25) is 0 Å². The zero-order chi connectivity index (χ0) is 10.3. The van der Waals surface area contributed by atoms with Crippen LogP contribution in [0.5, 0.6) is 0 Å². The monoisotopic (exact) mass is 234 g/mol. The van der Waals surface area contributed by atoms with E-state index in [0.29, 0.717) is 13.2 Å². The minimum Gasteiger partial charge on any atom is -1.00 e. The molecule has 3 unspecified atom stereocenters. The third kappa shape index (κ3) is 11.2. The van der Waals surface area contributed by atoms with Crippen molar-refractivity contribution in [2.75, 3.05) is 19.8 Å². The minimum atomic E-state index is -0.447. The molecule has 14 heavy (non-hydrogen) atoms. The predicted octanol–water partition coefficient (Wildman–Crippen LogP) is 0.0139. The molecule has 0 radical (unpaired) electrons. The van der Waals surface area contributed by atoms with Crippen LogP contribution in [0.15, 0.2) is 0 Å². The molecule has 0 amide bonds. The van der Waals surface area contributed by atoms with Crippen molar-refractivity contribution in [3.8, 4) is 0 Å². The summed E-state index contributed by atoms with van der Waals surface area (Å²) in [6.07, 6.45) is -0.654. The Morgan fingerprint density at radius 2 is 1.57 bits per heavy atom. The van der Waals surface area contributed by atoms with Crippen molar-refractivity contribution in [1.82, 2.24) is 0 Å². The van der Waals surface area contributed by atoms with E-state index in [9.17, 15) is 0 Å². The Bertz CT molecular complexity index is 130. The maximum atomic E-state index is 8.92. The van der Waals surface area contributed by atoms with E-state index in [2.05, 4.69) is 0 Å². The quantitative estimate of drug-likeness (QED) is 0.609. The molecule has 0 fully saturated rings. The number of hydrogen-bond donors (Lipinski definition) is 2. The average Bonchev–Trinajstić information content (AvgIpc) is 2.10. The second kappa shape index (κ2) is 10.6. The Morgan fingerprint density at radius 1 is 1.07 bits per heavy atom. The molecule has 3 atom stereocenters. The second-order valence-corrected chi connectivity index (χ2v) is 3.32. The van der Waals surface area contributed by atoms with Crippen molar-refractivity contribution in [1.29, 1.82) is 0 Å². The van der Waals surface area contributed by atoms with Crippen LogP contribution in [0, 0.1) is 0 Å². The minimum absolute atomic E-state index is 0. The Hall–Kier alpha value is 1.10. The van der Waals surface area contributed by atoms with Crippen molar-refractivity contribution >= 4 is 37.7 Å². The summed E-state index contributed by atoms with van der Waals surface area (Å²) < 4.78 is 10.5. The predicted molar refractivity (Wildman–Crippen MR) is 57.6 cm³/mol. The fourth-order valence-electron chi connectivity index (χ4n) is 0.704. The van der Waals surface area contributed by atoms with Gasteiger partial charge in [-0.15, -0.1) is 0 Å². The molecule has 4 nitrogen and oxygen atoms in total. The largest absolute Gasteiger partial charge is 2.00 e. The van der Waals surface area contributed by atoms with Crippen molar-refractivity contribution in [3.63, 3.8) is 0 Å². The summed E-state index contributed by atoms with van der Waals surface area (Å²) in [6.45, 7) is 6.10. The average molecular weight is 234 g/mol. The molecule has 0 bridgehead atoms. The Morgan fingerprint density at radius 3 is 2.00 bits per heavy atom. The van der Waals surface area contributed by atoms with E-state index in [0.717, 1.165) is 0 Å². The van der Waals surface area contributed by atoms with Crippen LogP contribution < -0.4 is 0 Å². The molecule has 0 heterocycles. The maximum absolute atomic E-state index is 8.92. The van der Waals surface area contributed by atoms with Crippen molar-refractivity contribution < 1.29 is 22.5 Å². The van der Waals surface area contributed by atoms with Gasteiger partial charge in [0.1, 0.15) is 0 Å². The van der Waals surface area contributed by atoms with Gasteiger partial charge in [-0.05, 0) is 20.8 Å². The van der Waals surface area contributed by atoms with Gasteiger partial charge in [0.15, 0.2) is 0 Å². The Labute approximate surface area is 119 Å². The van der Waals surface area contributed by atoms with Gasteiger partial charge in [0.05, 0.1) is 38.1 Å². The van der Waals surface area contributed by atoms with E-state index in [1.807, 2.05) is 6.92 Å². The van der Waals surface area contributed by atoms with Crippen LogP contribution in [0.2, 0.25) is 0 Å². The second-order valence-electron chi connectivity index (χ2n) is 3.32. The van der Waals surface area contributed by atoms with Gasteiger partial charge in [-0.25, -0.2) is 0 Å². The Kier molecular flexibility index (Phi) is 13.3. The van der Waals surface area contributed by atoms with E-state index in [1.165, 1.54) is 0 Å². The summed E-state index contributed by atoms with van der Waals surface area (Å²) in [6, 6.07) is 0. The first kappa shape index (κ1) is 17.5. The van der Waals surface area contributed by atoms with E-state index >= 15 is 0 Å². The molecule has 0 aliphatic heterocycles. The van der Waals surface area contributed by atoms with Crippen molar-refractivity contribution in [3.05, 3.63) is 0 Å². The fourth-order valence-corrected chi connectivity index (χ4v) is 0.704. The van der Waals surface area contributed by atoms with Crippen LogP contribution in [0.25, 0.3) is 0 Å². The van der Waals surface area contributed by atoms with E-state index in [-0.39, 0.29) is 59.4 Å². The topological polar surface area (TPSA) is 58.9 Å². The number of aliphatic hydroxyl groups excluding tert-OH is 2. The Balaban J connectivity index is -0.000000240. The maximum Gasteiger partial charge on any atom is 2.00 e. The molecule has 5 heteroatoms. The van der Waals surface area contributed by atoms with Gasteiger partial charge in [0.25, 0.3) is 0 Å². The van der Waals surface area contributed by atoms with Gasteiger partial charge in [0, 0.05) is 0 Å². The number of rotatable bonds is 7. The number of ether oxygens (including phenoxy) is 2. The standard InChI is InChI=1S/C9H20O4.Ca.2H/c1-7(11)5-12-9(3)6-13-8(2)4-10;;;/h7-11H,4-6H2,1-3H3;;;/q;+2;2*-1. The fraction of sp³-hybridized carbons (Fsp3) is 1.00. The van der Waals surface area contributed by atoms with Gasteiger partial charge in [-0.1, -0.05) is 0 Å². The van der Waals surface area contributed by atoms with E-state index < -0.39 is 6.10 Å². The van der Waals surface area contributed by atoms with Crippen LogP contribution in [-0.2, 0) is 9.47 Å². The third-order valence-electron chi connectivity index (χ3n) is 1.49. The van der Waals surface area contributed by atoms with Gasteiger partial charge >= 0.3 is 37.7 Å². The number of aliphatic hydroxyl groups is 2. The van der Waals surface area contributed by atoms with Crippen LogP contribution in [0.1, 0.15) is 23.6 Å². The molecule has 0 saturated heterocycles. The third-order valence-corrected chi connectivity index (χ3v) is 1.49. The zero-order valence-electron chi connectivity index (χ0n) is 11.3. The first-order valence-electron chi connectivity index (χ1n) is 4.58. The zero-order valence-corrected chi connectivity index (χ0v) is 11.5. The molecule has 84 valence electrons. The summed E-state index contributed by atoms with van der Waals surface area (Å²) in [4.78, 5) is 0. The van der Waals surface area contributed by atoms with Crippen molar-refractivity contribution in [2.45, 2.75) is 39.1 Å². The van der Waals surface area contributed by atoms with Gasteiger partial charge in [-0.3, -0.25) is 0 Å². The van der Waals surface area contributed by atoms with Crippen LogP contribution in [0.4, 0.5) is 0 Å². The molecule has 0 aliphatic carbocycles. The molecule has 0 aromatic carbocycles. The summed E-state index contributed by atoms with van der Waals surface area (Å²) in [5.74, 6) is 0. The van der Waals surface area contributed by atoms with Crippen molar-refractivity contribution in [2.24, 2.45) is 0 Å². The smallest absolute Gasteiger partial charge is 1.00 e.